The van der Waals surface area contributed by atoms with Crippen molar-refractivity contribution in [2.24, 2.45) is 11.3 Å². The highest BCUT2D eigenvalue weighted by Gasteiger charge is 2.36. The first-order valence-electron chi connectivity index (χ1n) is 4.82. The molecule has 68 valence electrons. The highest BCUT2D eigenvalue weighted by atomic mass is 16.1. The second-order valence-electron chi connectivity index (χ2n) is 3.99. The van der Waals surface area contributed by atoms with E-state index in [0.717, 1.165) is 12.8 Å². The monoisotopic (exact) mass is 166 g/mol. The van der Waals surface area contributed by atoms with Gasteiger partial charge in [0.05, 0.1) is 0 Å². The van der Waals surface area contributed by atoms with Crippen LogP contribution in [0.2, 0.25) is 0 Å². The molecule has 0 N–H and O–H groups in total. The molecule has 12 heavy (non-hydrogen) atoms. The van der Waals surface area contributed by atoms with Crippen LogP contribution in [0.4, 0.5) is 0 Å². The Hall–Kier alpha value is -0.590. The maximum atomic E-state index is 11.0. The first kappa shape index (κ1) is 9.50. The molecule has 1 fully saturated rings. The van der Waals surface area contributed by atoms with Crippen LogP contribution in [-0.2, 0) is 4.79 Å². The van der Waals surface area contributed by atoms with Crippen LogP contribution in [0.3, 0.4) is 0 Å². The predicted molar refractivity (Wildman–Crippen MR) is 50.9 cm³/mol. The van der Waals surface area contributed by atoms with Gasteiger partial charge in [0.15, 0.2) is 0 Å². The number of allylic oxidation sites excluding steroid dienone is 1. The molecule has 1 saturated carbocycles. The Kier molecular flexibility index (Phi) is 3.07. The molecule has 1 aliphatic carbocycles. The molecule has 0 heterocycles. The Bertz CT molecular complexity index is 174. The number of carbonyl (C=O) groups excluding carboxylic acids is 1. The average Bonchev–Trinajstić information content (AvgIpc) is 2.10. The minimum absolute atomic E-state index is 0.0694. The van der Waals surface area contributed by atoms with Crippen molar-refractivity contribution in [2.75, 3.05) is 0 Å². The van der Waals surface area contributed by atoms with Crippen molar-refractivity contribution >= 4 is 6.29 Å². The molecule has 1 aliphatic rings. The third kappa shape index (κ3) is 1.60. The molecule has 0 aromatic rings. The standard InChI is InChI=1S/C11H18O/c1-3-7-11(9-12)8-5-4-6-10(11)2/h3,9-10H,1,4-8H2,2H3. The second-order valence-corrected chi connectivity index (χ2v) is 3.99. The predicted octanol–water partition coefficient (Wildman–Crippen LogP) is 2.96. The van der Waals surface area contributed by atoms with Crippen LogP contribution in [0.5, 0.6) is 0 Å². The third-order valence-corrected chi connectivity index (χ3v) is 3.27. The Morgan fingerprint density at radius 2 is 2.33 bits per heavy atom. The van der Waals surface area contributed by atoms with E-state index in [1.54, 1.807) is 0 Å². The van der Waals surface area contributed by atoms with Gasteiger partial charge >= 0.3 is 0 Å². The smallest absolute Gasteiger partial charge is 0.126 e. The molecular weight excluding hydrogens is 148 g/mol. The van der Waals surface area contributed by atoms with Gasteiger partial charge in [-0.15, -0.1) is 6.58 Å². The lowest BCUT2D eigenvalue weighted by Gasteiger charge is -2.37. The number of hydrogen-bond donors (Lipinski definition) is 0. The normalized spacial score (nSPS) is 35.9. The summed E-state index contributed by atoms with van der Waals surface area (Å²) < 4.78 is 0. The van der Waals surface area contributed by atoms with E-state index in [2.05, 4.69) is 13.5 Å². The van der Waals surface area contributed by atoms with Crippen molar-refractivity contribution in [1.82, 2.24) is 0 Å². The molecule has 0 amide bonds. The van der Waals surface area contributed by atoms with Crippen molar-refractivity contribution in [3.8, 4) is 0 Å². The Morgan fingerprint density at radius 1 is 1.58 bits per heavy atom. The first-order valence-corrected chi connectivity index (χ1v) is 4.82. The summed E-state index contributed by atoms with van der Waals surface area (Å²) in [6.07, 6.45) is 8.66. The van der Waals surface area contributed by atoms with Crippen molar-refractivity contribution in [2.45, 2.75) is 39.0 Å². The summed E-state index contributed by atoms with van der Waals surface area (Å²) in [4.78, 5) is 11.0. The van der Waals surface area contributed by atoms with E-state index in [1.807, 2.05) is 6.08 Å². The molecule has 2 atom stereocenters. The van der Waals surface area contributed by atoms with E-state index in [0.29, 0.717) is 5.92 Å². The van der Waals surface area contributed by atoms with Crippen molar-refractivity contribution in [1.29, 1.82) is 0 Å². The summed E-state index contributed by atoms with van der Waals surface area (Å²) in [7, 11) is 0. The minimum Gasteiger partial charge on any atom is -0.303 e. The fourth-order valence-corrected chi connectivity index (χ4v) is 2.23. The van der Waals surface area contributed by atoms with E-state index in [4.69, 9.17) is 0 Å². The fraction of sp³-hybridized carbons (Fsp3) is 0.727. The molecule has 0 aromatic heterocycles. The molecule has 2 unspecified atom stereocenters. The Morgan fingerprint density at radius 3 is 2.83 bits per heavy atom. The van der Waals surface area contributed by atoms with Crippen LogP contribution in [0, 0.1) is 11.3 Å². The largest absolute Gasteiger partial charge is 0.303 e. The van der Waals surface area contributed by atoms with Gasteiger partial charge in [-0.2, -0.15) is 0 Å². The van der Waals surface area contributed by atoms with Crippen LogP contribution in [-0.4, -0.2) is 6.29 Å². The van der Waals surface area contributed by atoms with Crippen LogP contribution < -0.4 is 0 Å². The van der Waals surface area contributed by atoms with Gasteiger partial charge in [0.1, 0.15) is 6.29 Å². The summed E-state index contributed by atoms with van der Waals surface area (Å²) in [5.41, 5.74) is -0.0694. The lowest BCUT2D eigenvalue weighted by molar-refractivity contribution is -0.120. The number of aldehydes is 1. The molecule has 1 rings (SSSR count). The van der Waals surface area contributed by atoms with Crippen LogP contribution in [0.15, 0.2) is 12.7 Å². The summed E-state index contributed by atoms with van der Waals surface area (Å²) in [6.45, 7) is 5.91. The van der Waals surface area contributed by atoms with Crippen LogP contribution >= 0.6 is 0 Å². The number of carbonyl (C=O) groups is 1. The van der Waals surface area contributed by atoms with Gasteiger partial charge in [0.2, 0.25) is 0 Å². The maximum Gasteiger partial charge on any atom is 0.126 e. The Balaban J connectivity index is 2.72. The molecule has 0 radical (unpaired) electrons. The van der Waals surface area contributed by atoms with Gasteiger partial charge in [0, 0.05) is 5.41 Å². The van der Waals surface area contributed by atoms with Crippen LogP contribution in [0.25, 0.3) is 0 Å². The summed E-state index contributed by atoms with van der Waals surface area (Å²) in [5, 5.41) is 0. The average molecular weight is 166 g/mol. The third-order valence-electron chi connectivity index (χ3n) is 3.27. The molecule has 0 aliphatic heterocycles. The van der Waals surface area contributed by atoms with Gasteiger partial charge in [-0.25, -0.2) is 0 Å². The van der Waals surface area contributed by atoms with Crippen LogP contribution in [0.1, 0.15) is 39.0 Å². The molecule has 1 nitrogen and oxygen atoms in total. The fourth-order valence-electron chi connectivity index (χ4n) is 2.23. The number of rotatable bonds is 3. The summed E-state index contributed by atoms with van der Waals surface area (Å²) >= 11 is 0. The summed E-state index contributed by atoms with van der Waals surface area (Å²) in [5.74, 6) is 0.543. The lowest BCUT2D eigenvalue weighted by Crippen LogP contribution is -2.33. The summed E-state index contributed by atoms with van der Waals surface area (Å²) in [6, 6.07) is 0. The van der Waals surface area contributed by atoms with Crippen molar-refractivity contribution in [3.05, 3.63) is 12.7 Å². The number of hydrogen-bond acceptors (Lipinski definition) is 1. The highest BCUT2D eigenvalue weighted by Crippen LogP contribution is 2.42. The van der Waals surface area contributed by atoms with E-state index in [1.165, 1.54) is 25.5 Å². The minimum atomic E-state index is -0.0694. The molecule has 0 saturated heterocycles. The zero-order chi connectivity index (χ0) is 9.03. The van der Waals surface area contributed by atoms with Gasteiger partial charge in [0.25, 0.3) is 0 Å². The van der Waals surface area contributed by atoms with Gasteiger partial charge in [-0.1, -0.05) is 25.8 Å². The van der Waals surface area contributed by atoms with E-state index >= 15 is 0 Å². The lowest BCUT2D eigenvalue weighted by atomic mass is 9.66. The highest BCUT2D eigenvalue weighted by molar-refractivity contribution is 5.60. The van der Waals surface area contributed by atoms with Gasteiger partial charge < -0.3 is 4.79 Å². The molecule has 1 heteroatoms. The first-order chi connectivity index (χ1) is 5.75. The Labute approximate surface area is 74.9 Å². The van der Waals surface area contributed by atoms with Gasteiger partial charge in [-0.05, 0) is 25.2 Å². The quantitative estimate of drug-likeness (QED) is 0.465. The zero-order valence-electron chi connectivity index (χ0n) is 7.88. The molecular formula is C11H18O. The topological polar surface area (TPSA) is 17.1 Å². The molecule has 0 spiro atoms. The van der Waals surface area contributed by atoms with E-state index in [-0.39, 0.29) is 5.41 Å². The zero-order valence-corrected chi connectivity index (χ0v) is 7.88. The van der Waals surface area contributed by atoms with Gasteiger partial charge in [-0.3, -0.25) is 0 Å². The SMILES string of the molecule is C=CCC1(C=O)CCCCC1C. The molecule has 0 bridgehead atoms. The van der Waals surface area contributed by atoms with E-state index < -0.39 is 0 Å². The maximum absolute atomic E-state index is 11.0. The van der Waals surface area contributed by atoms with E-state index in [9.17, 15) is 4.79 Å². The van der Waals surface area contributed by atoms with Crippen molar-refractivity contribution < 1.29 is 4.79 Å². The van der Waals surface area contributed by atoms with Crippen molar-refractivity contribution in [3.63, 3.8) is 0 Å². The second kappa shape index (κ2) is 3.88. The molecule has 0 aromatic carbocycles.